The zero-order valence-corrected chi connectivity index (χ0v) is 17.5. The van der Waals surface area contributed by atoms with E-state index in [2.05, 4.69) is 36.2 Å². The number of benzene rings is 1. The predicted octanol–water partition coefficient (Wildman–Crippen LogP) is 4.32. The fourth-order valence-electron chi connectivity index (χ4n) is 3.21. The van der Waals surface area contributed by atoms with Crippen LogP contribution in [-0.2, 0) is 0 Å². The van der Waals surface area contributed by atoms with E-state index in [0.29, 0.717) is 12.6 Å². The number of hydrogen-bond donors (Lipinski definition) is 1. The maximum atomic E-state index is 5.78. The molecule has 0 unspecified atom stereocenters. The molecule has 4 nitrogen and oxygen atoms in total. The van der Waals surface area contributed by atoms with Crippen molar-refractivity contribution < 1.29 is 9.47 Å². The van der Waals surface area contributed by atoms with E-state index in [4.69, 9.17) is 9.47 Å². The molecule has 1 fully saturated rings. The Balaban J connectivity index is 0.00000288. The van der Waals surface area contributed by atoms with Crippen LogP contribution in [0.15, 0.2) is 18.2 Å². The van der Waals surface area contributed by atoms with Crippen LogP contribution in [0.4, 0.5) is 0 Å². The smallest absolute Gasteiger partial charge is 0.161 e. The van der Waals surface area contributed by atoms with E-state index in [1.165, 1.54) is 18.4 Å². The third kappa shape index (κ3) is 7.22. The van der Waals surface area contributed by atoms with Gasteiger partial charge in [0.25, 0.3) is 0 Å². The number of methoxy groups -OCH3 is 1. The minimum Gasteiger partial charge on any atom is -0.493 e. The van der Waals surface area contributed by atoms with Crippen molar-refractivity contribution in [3.8, 4) is 11.5 Å². The van der Waals surface area contributed by atoms with Crippen LogP contribution in [0.5, 0.6) is 11.5 Å². The topological polar surface area (TPSA) is 33.7 Å². The van der Waals surface area contributed by atoms with Crippen LogP contribution in [0.3, 0.4) is 0 Å². The van der Waals surface area contributed by atoms with Gasteiger partial charge in [-0.25, -0.2) is 0 Å². The molecule has 1 aliphatic rings. The molecule has 2 rings (SSSR count). The molecule has 146 valence electrons. The molecule has 1 atom stereocenters. The van der Waals surface area contributed by atoms with E-state index in [1.807, 2.05) is 13.0 Å². The molecule has 0 amide bonds. The predicted molar refractivity (Wildman–Crippen MR) is 110 cm³/mol. The van der Waals surface area contributed by atoms with Crippen LogP contribution < -0.4 is 14.8 Å². The highest BCUT2D eigenvalue weighted by Crippen LogP contribution is 2.34. The zero-order valence-electron chi connectivity index (χ0n) is 15.9. The first-order valence-corrected chi connectivity index (χ1v) is 8.91. The Morgan fingerprint density at radius 2 is 1.76 bits per heavy atom. The van der Waals surface area contributed by atoms with Gasteiger partial charge in [-0.15, -0.1) is 24.8 Å². The Morgan fingerprint density at radius 1 is 1.08 bits per heavy atom. The second kappa shape index (κ2) is 12.6. The van der Waals surface area contributed by atoms with E-state index in [0.717, 1.165) is 43.6 Å². The maximum absolute atomic E-state index is 5.78. The van der Waals surface area contributed by atoms with E-state index in [-0.39, 0.29) is 24.8 Å². The van der Waals surface area contributed by atoms with Crippen LogP contribution in [0.25, 0.3) is 0 Å². The standard InChI is InChI=1S/C19H32N2O2.2ClH/c1-5-23-19-14-16(7-9-18(19)22-4)17(8-6-15(2)3)21-12-10-20-11-13-21;;/h7,9,14-15,17,20H,5-6,8,10-13H2,1-4H3;2*1H/t17-;;/m0../s1. The molecule has 25 heavy (non-hydrogen) atoms. The van der Waals surface area contributed by atoms with Crippen molar-refractivity contribution in [2.45, 2.75) is 39.7 Å². The molecule has 0 aromatic heterocycles. The van der Waals surface area contributed by atoms with Crippen molar-refractivity contribution in [2.24, 2.45) is 5.92 Å². The van der Waals surface area contributed by atoms with Crippen molar-refractivity contribution in [3.05, 3.63) is 23.8 Å². The highest BCUT2D eigenvalue weighted by molar-refractivity contribution is 5.85. The van der Waals surface area contributed by atoms with Gasteiger partial charge in [-0.05, 0) is 43.4 Å². The zero-order chi connectivity index (χ0) is 16.7. The lowest BCUT2D eigenvalue weighted by molar-refractivity contribution is 0.159. The summed E-state index contributed by atoms with van der Waals surface area (Å²) in [5, 5.41) is 3.45. The average molecular weight is 393 g/mol. The number of piperazine rings is 1. The molecule has 0 saturated carbocycles. The Morgan fingerprint density at radius 3 is 2.32 bits per heavy atom. The van der Waals surface area contributed by atoms with Crippen LogP contribution >= 0.6 is 24.8 Å². The van der Waals surface area contributed by atoms with Gasteiger partial charge < -0.3 is 14.8 Å². The first-order chi connectivity index (χ1) is 11.2. The third-order valence-corrected chi connectivity index (χ3v) is 4.48. The number of halogens is 2. The Hall–Kier alpha value is -0.680. The van der Waals surface area contributed by atoms with E-state index >= 15 is 0 Å². The van der Waals surface area contributed by atoms with E-state index < -0.39 is 0 Å². The highest BCUT2D eigenvalue weighted by atomic mass is 35.5. The SMILES string of the molecule is CCOc1cc([C@H](CCC(C)C)N2CCNCC2)ccc1OC.Cl.Cl. The van der Waals surface area contributed by atoms with Gasteiger partial charge in [-0.1, -0.05) is 19.9 Å². The molecule has 0 spiro atoms. The summed E-state index contributed by atoms with van der Waals surface area (Å²) in [5.74, 6) is 2.40. The molecule has 0 bridgehead atoms. The van der Waals surface area contributed by atoms with Crippen molar-refractivity contribution in [2.75, 3.05) is 39.9 Å². The van der Waals surface area contributed by atoms with Crippen molar-refractivity contribution in [1.82, 2.24) is 10.2 Å². The largest absolute Gasteiger partial charge is 0.493 e. The minimum absolute atomic E-state index is 0. The molecule has 1 aliphatic heterocycles. The molecule has 1 heterocycles. The summed E-state index contributed by atoms with van der Waals surface area (Å²) in [6, 6.07) is 6.89. The summed E-state index contributed by atoms with van der Waals surface area (Å²) < 4.78 is 11.2. The summed E-state index contributed by atoms with van der Waals surface area (Å²) in [6.45, 7) is 11.6. The molecule has 0 radical (unpaired) electrons. The molecule has 1 N–H and O–H groups in total. The second-order valence-electron chi connectivity index (χ2n) is 6.62. The average Bonchev–Trinajstić information content (AvgIpc) is 2.56. The van der Waals surface area contributed by atoms with Crippen LogP contribution in [-0.4, -0.2) is 44.8 Å². The van der Waals surface area contributed by atoms with Crippen molar-refractivity contribution in [3.63, 3.8) is 0 Å². The monoisotopic (exact) mass is 392 g/mol. The van der Waals surface area contributed by atoms with Gasteiger partial charge in [0.05, 0.1) is 13.7 Å². The Kier molecular flexibility index (Phi) is 12.3. The van der Waals surface area contributed by atoms with Crippen LogP contribution in [0.2, 0.25) is 0 Å². The lowest BCUT2D eigenvalue weighted by Crippen LogP contribution is -2.45. The number of hydrogen-bond acceptors (Lipinski definition) is 4. The lowest BCUT2D eigenvalue weighted by Gasteiger charge is -2.36. The molecule has 6 heteroatoms. The van der Waals surface area contributed by atoms with Gasteiger partial charge >= 0.3 is 0 Å². The first-order valence-electron chi connectivity index (χ1n) is 8.91. The van der Waals surface area contributed by atoms with Gasteiger partial charge in [-0.3, -0.25) is 4.90 Å². The van der Waals surface area contributed by atoms with Gasteiger partial charge in [0, 0.05) is 32.2 Å². The molecule has 1 saturated heterocycles. The number of ether oxygens (including phenoxy) is 2. The summed E-state index contributed by atoms with van der Waals surface area (Å²) in [5.41, 5.74) is 1.34. The van der Waals surface area contributed by atoms with Gasteiger partial charge in [0.1, 0.15) is 0 Å². The van der Waals surface area contributed by atoms with Crippen LogP contribution in [0.1, 0.15) is 45.2 Å². The normalized spacial score (nSPS) is 15.9. The van der Waals surface area contributed by atoms with Gasteiger partial charge in [0.2, 0.25) is 0 Å². The summed E-state index contributed by atoms with van der Waals surface area (Å²) in [4.78, 5) is 2.61. The van der Waals surface area contributed by atoms with Crippen molar-refractivity contribution >= 4 is 24.8 Å². The Labute approximate surface area is 165 Å². The molecular weight excluding hydrogens is 359 g/mol. The Bertz CT molecular complexity index is 480. The quantitative estimate of drug-likeness (QED) is 0.713. The first kappa shape index (κ1) is 24.3. The van der Waals surface area contributed by atoms with Gasteiger partial charge in [0.15, 0.2) is 11.5 Å². The third-order valence-electron chi connectivity index (χ3n) is 4.48. The minimum atomic E-state index is 0. The molecule has 0 aliphatic carbocycles. The highest BCUT2D eigenvalue weighted by Gasteiger charge is 2.23. The fourth-order valence-corrected chi connectivity index (χ4v) is 3.21. The maximum Gasteiger partial charge on any atom is 0.161 e. The summed E-state index contributed by atoms with van der Waals surface area (Å²) in [6.07, 6.45) is 2.43. The van der Waals surface area contributed by atoms with E-state index in [1.54, 1.807) is 7.11 Å². The molecular formula is C19H34Cl2N2O2. The number of nitrogens with one attached hydrogen (secondary N) is 1. The summed E-state index contributed by atoms with van der Waals surface area (Å²) >= 11 is 0. The van der Waals surface area contributed by atoms with E-state index in [9.17, 15) is 0 Å². The van der Waals surface area contributed by atoms with Crippen LogP contribution in [0, 0.1) is 5.92 Å². The lowest BCUT2D eigenvalue weighted by atomic mass is 9.95. The molecule has 1 aromatic rings. The summed E-state index contributed by atoms with van der Waals surface area (Å²) in [7, 11) is 1.70. The second-order valence-corrected chi connectivity index (χ2v) is 6.62. The molecule has 1 aromatic carbocycles. The van der Waals surface area contributed by atoms with Crippen molar-refractivity contribution in [1.29, 1.82) is 0 Å². The fraction of sp³-hybridized carbons (Fsp3) is 0.684. The van der Waals surface area contributed by atoms with Gasteiger partial charge in [-0.2, -0.15) is 0 Å². The number of nitrogens with zero attached hydrogens (tertiary/aromatic N) is 1. The number of rotatable bonds is 8.